The van der Waals surface area contributed by atoms with Crippen molar-refractivity contribution in [1.29, 1.82) is 0 Å². The standard InChI is InChI=1S/C16H21NO3/c1-12(2)14(17-15(18)10-11-16(19)20)9-8-13-6-4-3-5-7-13/h3-7,10-12,14H,8-9H2,1-2H3,(H,17,18)(H,19,20)/b11-10-. The second kappa shape index (κ2) is 8.15. The van der Waals surface area contributed by atoms with Gasteiger partial charge >= 0.3 is 5.97 Å². The molecule has 4 heteroatoms. The minimum Gasteiger partial charge on any atom is -0.478 e. The highest BCUT2D eigenvalue weighted by Gasteiger charge is 2.15. The molecule has 0 heterocycles. The van der Waals surface area contributed by atoms with Crippen LogP contribution in [-0.4, -0.2) is 23.0 Å². The molecule has 1 rings (SSSR count). The molecule has 0 radical (unpaired) electrons. The Morgan fingerprint density at radius 2 is 1.85 bits per heavy atom. The number of nitrogens with one attached hydrogen (secondary N) is 1. The highest BCUT2D eigenvalue weighted by atomic mass is 16.4. The first-order valence-corrected chi connectivity index (χ1v) is 6.74. The highest BCUT2D eigenvalue weighted by Crippen LogP contribution is 2.11. The number of benzene rings is 1. The lowest BCUT2D eigenvalue weighted by molar-refractivity contribution is -0.131. The predicted molar refractivity (Wildman–Crippen MR) is 78.3 cm³/mol. The first-order chi connectivity index (χ1) is 9.49. The molecule has 0 aromatic heterocycles. The maximum Gasteiger partial charge on any atom is 0.328 e. The maximum absolute atomic E-state index is 11.6. The largest absolute Gasteiger partial charge is 0.478 e. The van der Waals surface area contributed by atoms with Crippen LogP contribution in [0.25, 0.3) is 0 Å². The smallest absolute Gasteiger partial charge is 0.328 e. The van der Waals surface area contributed by atoms with Crippen molar-refractivity contribution in [1.82, 2.24) is 5.32 Å². The molecule has 4 nitrogen and oxygen atoms in total. The predicted octanol–water partition coefficient (Wildman–Crippen LogP) is 2.40. The molecule has 0 aliphatic heterocycles. The summed E-state index contributed by atoms with van der Waals surface area (Å²) in [5.41, 5.74) is 1.23. The normalized spacial score (nSPS) is 12.6. The van der Waals surface area contributed by atoms with Gasteiger partial charge in [0.2, 0.25) is 5.91 Å². The minimum absolute atomic E-state index is 0.0288. The Bertz CT molecular complexity index is 466. The van der Waals surface area contributed by atoms with E-state index in [0.29, 0.717) is 5.92 Å². The van der Waals surface area contributed by atoms with E-state index >= 15 is 0 Å². The van der Waals surface area contributed by atoms with E-state index in [9.17, 15) is 9.59 Å². The van der Waals surface area contributed by atoms with Crippen molar-refractivity contribution < 1.29 is 14.7 Å². The van der Waals surface area contributed by atoms with Crippen molar-refractivity contribution in [2.24, 2.45) is 5.92 Å². The zero-order chi connectivity index (χ0) is 15.0. The fraction of sp³-hybridized carbons (Fsp3) is 0.375. The molecular formula is C16H21NO3. The van der Waals surface area contributed by atoms with Gasteiger partial charge in [-0.25, -0.2) is 4.79 Å². The summed E-state index contributed by atoms with van der Waals surface area (Å²) in [6.45, 7) is 4.08. The number of rotatable bonds is 7. The fourth-order valence-corrected chi connectivity index (χ4v) is 1.92. The van der Waals surface area contributed by atoms with Crippen molar-refractivity contribution in [3.05, 3.63) is 48.0 Å². The van der Waals surface area contributed by atoms with Gasteiger partial charge in [0, 0.05) is 18.2 Å². The van der Waals surface area contributed by atoms with Crippen LogP contribution in [0.15, 0.2) is 42.5 Å². The van der Waals surface area contributed by atoms with Crippen LogP contribution < -0.4 is 5.32 Å². The van der Waals surface area contributed by atoms with Crippen LogP contribution in [0.2, 0.25) is 0 Å². The summed E-state index contributed by atoms with van der Waals surface area (Å²) < 4.78 is 0. The molecule has 20 heavy (non-hydrogen) atoms. The van der Waals surface area contributed by atoms with Crippen LogP contribution in [0, 0.1) is 5.92 Å². The van der Waals surface area contributed by atoms with Crippen LogP contribution in [-0.2, 0) is 16.0 Å². The van der Waals surface area contributed by atoms with Crippen LogP contribution >= 0.6 is 0 Å². The summed E-state index contributed by atoms with van der Waals surface area (Å²) in [5, 5.41) is 11.3. The Morgan fingerprint density at radius 3 is 2.40 bits per heavy atom. The van der Waals surface area contributed by atoms with Crippen LogP contribution in [0.4, 0.5) is 0 Å². The van der Waals surface area contributed by atoms with E-state index in [1.807, 2.05) is 32.0 Å². The van der Waals surface area contributed by atoms with Crippen molar-refractivity contribution in [2.75, 3.05) is 0 Å². The second-order valence-corrected chi connectivity index (χ2v) is 5.05. The molecule has 1 amide bonds. The monoisotopic (exact) mass is 275 g/mol. The quantitative estimate of drug-likeness (QED) is 0.751. The number of aryl methyl sites for hydroxylation is 1. The van der Waals surface area contributed by atoms with Gasteiger partial charge in [-0.3, -0.25) is 4.79 Å². The molecule has 1 unspecified atom stereocenters. The highest BCUT2D eigenvalue weighted by molar-refractivity contribution is 5.93. The summed E-state index contributed by atoms with van der Waals surface area (Å²) in [6, 6.07) is 10.1. The molecule has 108 valence electrons. The first kappa shape index (κ1) is 16.0. The minimum atomic E-state index is -1.12. The number of carboxylic acid groups (broad SMARTS) is 1. The fourth-order valence-electron chi connectivity index (χ4n) is 1.92. The summed E-state index contributed by atoms with van der Waals surface area (Å²) in [6.07, 6.45) is 3.62. The number of hydrogen-bond donors (Lipinski definition) is 2. The van der Waals surface area contributed by atoms with Crippen molar-refractivity contribution in [2.45, 2.75) is 32.7 Å². The molecule has 1 atom stereocenters. The molecule has 1 aromatic carbocycles. The van der Waals surface area contributed by atoms with Gasteiger partial charge in [-0.1, -0.05) is 44.2 Å². The van der Waals surface area contributed by atoms with Gasteiger partial charge in [-0.2, -0.15) is 0 Å². The Kier molecular flexibility index (Phi) is 6.50. The van der Waals surface area contributed by atoms with E-state index in [2.05, 4.69) is 17.4 Å². The molecule has 0 bridgehead atoms. The van der Waals surface area contributed by atoms with Crippen LogP contribution in [0.1, 0.15) is 25.8 Å². The molecule has 0 saturated heterocycles. The molecule has 0 fully saturated rings. The van der Waals surface area contributed by atoms with Gasteiger partial charge in [-0.05, 0) is 24.3 Å². The average Bonchev–Trinajstić information content (AvgIpc) is 2.42. The SMILES string of the molecule is CC(C)C(CCc1ccccc1)NC(=O)/C=C\C(=O)O. The Morgan fingerprint density at radius 1 is 1.20 bits per heavy atom. The van der Waals surface area contributed by atoms with E-state index < -0.39 is 5.97 Å². The van der Waals surface area contributed by atoms with E-state index in [4.69, 9.17) is 5.11 Å². The molecule has 0 saturated carbocycles. The molecule has 0 spiro atoms. The van der Waals surface area contributed by atoms with Crippen LogP contribution in [0.5, 0.6) is 0 Å². The van der Waals surface area contributed by atoms with E-state index in [1.54, 1.807) is 0 Å². The summed E-state index contributed by atoms with van der Waals surface area (Å²) >= 11 is 0. The number of carbonyl (C=O) groups is 2. The zero-order valence-electron chi connectivity index (χ0n) is 11.9. The van der Waals surface area contributed by atoms with Crippen LogP contribution in [0.3, 0.4) is 0 Å². The first-order valence-electron chi connectivity index (χ1n) is 6.74. The van der Waals surface area contributed by atoms with Gasteiger partial charge in [0.05, 0.1) is 0 Å². The van der Waals surface area contributed by atoms with Crippen molar-refractivity contribution in [3.63, 3.8) is 0 Å². The summed E-state index contributed by atoms with van der Waals surface area (Å²) in [5.74, 6) is -1.19. The average molecular weight is 275 g/mol. The number of aliphatic carboxylic acids is 1. The zero-order valence-corrected chi connectivity index (χ0v) is 11.9. The molecular weight excluding hydrogens is 254 g/mol. The number of amides is 1. The van der Waals surface area contributed by atoms with E-state index in [-0.39, 0.29) is 11.9 Å². The lowest BCUT2D eigenvalue weighted by Crippen LogP contribution is -2.38. The summed E-state index contributed by atoms with van der Waals surface area (Å²) in [7, 11) is 0. The van der Waals surface area contributed by atoms with E-state index in [1.165, 1.54) is 5.56 Å². The van der Waals surface area contributed by atoms with Gasteiger partial charge in [0.15, 0.2) is 0 Å². The van der Waals surface area contributed by atoms with E-state index in [0.717, 1.165) is 25.0 Å². The lowest BCUT2D eigenvalue weighted by atomic mass is 9.96. The van der Waals surface area contributed by atoms with Crippen molar-refractivity contribution >= 4 is 11.9 Å². The van der Waals surface area contributed by atoms with Gasteiger partial charge in [0.25, 0.3) is 0 Å². The third-order valence-corrected chi connectivity index (χ3v) is 3.10. The van der Waals surface area contributed by atoms with Gasteiger partial charge in [-0.15, -0.1) is 0 Å². The number of carbonyl (C=O) groups excluding carboxylic acids is 1. The number of hydrogen-bond acceptors (Lipinski definition) is 2. The lowest BCUT2D eigenvalue weighted by Gasteiger charge is -2.21. The molecule has 1 aromatic rings. The Hall–Kier alpha value is -2.10. The van der Waals surface area contributed by atoms with Gasteiger partial charge < -0.3 is 10.4 Å². The topological polar surface area (TPSA) is 66.4 Å². The molecule has 0 aliphatic carbocycles. The second-order valence-electron chi connectivity index (χ2n) is 5.05. The van der Waals surface area contributed by atoms with Gasteiger partial charge in [0.1, 0.15) is 0 Å². The molecule has 2 N–H and O–H groups in total. The molecule has 0 aliphatic rings. The third-order valence-electron chi connectivity index (χ3n) is 3.10. The number of carboxylic acids is 1. The Labute approximate surface area is 119 Å². The van der Waals surface area contributed by atoms with Crippen molar-refractivity contribution in [3.8, 4) is 0 Å². The third kappa shape index (κ3) is 6.18. The summed E-state index contributed by atoms with van der Waals surface area (Å²) in [4.78, 5) is 22.0. The Balaban J connectivity index is 2.52. The maximum atomic E-state index is 11.6.